The molecule has 2 rings (SSSR count). The van der Waals surface area contributed by atoms with Crippen molar-refractivity contribution in [2.45, 2.75) is 45.2 Å². The second kappa shape index (κ2) is 6.91. The van der Waals surface area contributed by atoms with E-state index in [-0.39, 0.29) is 12.0 Å². The third-order valence-corrected chi connectivity index (χ3v) is 5.05. The van der Waals surface area contributed by atoms with Gasteiger partial charge in [0, 0.05) is 37.7 Å². The lowest BCUT2D eigenvalue weighted by atomic mass is 9.75. The Morgan fingerprint density at radius 2 is 2.00 bits per heavy atom. The Hall–Kier alpha value is -0.900. The van der Waals surface area contributed by atoms with Gasteiger partial charge in [-0.25, -0.2) is 0 Å². The van der Waals surface area contributed by atoms with Gasteiger partial charge in [0.05, 0.1) is 0 Å². The molecule has 1 aliphatic heterocycles. The number of nitrogens with one attached hydrogen (secondary N) is 1. The predicted octanol–water partition coefficient (Wildman–Crippen LogP) is 2.47. The van der Waals surface area contributed by atoms with Crippen molar-refractivity contribution in [1.29, 1.82) is 0 Å². The Balaban J connectivity index is 2.04. The number of hydrogen-bond donors (Lipinski definition) is 2. The number of rotatable bonds is 6. The van der Waals surface area contributed by atoms with Crippen LogP contribution in [0.5, 0.6) is 0 Å². The molecule has 1 saturated heterocycles. The summed E-state index contributed by atoms with van der Waals surface area (Å²) in [5, 5.41) is 13.5. The van der Waals surface area contributed by atoms with E-state index in [1.54, 1.807) is 0 Å². The van der Waals surface area contributed by atoms with E-state index in [2.05, 4.69) is 62.3 Å². The molecule has 1 heterocycles. The fourth-order valence-electron chi connectivity index (χ4n) is 3.27. The van der Waals surface area contributed by atoms with E-state index >= 15 is 0 Å². The van der Waals surface area contributed by atoms with Crippen LogP contribution in [0.25, 0.3) is 0 Å². The lowest BCUT2D eigenvalue weighted by Gasteiger charge is -2.34. The van der Waals surface area contributed by atoms with Gasteiger partial charge in [0.1, 0.15) is 0 Å². The molecule has 0 spiro atoms. The summed E-state index contributed by atoms with van der Waals surface area (Å²) in [5.41, 5.74) is 1.19. The second-order valence-electron chi connectivity index (χ2n) is 7.24. The van der Waals surface area contributed by atoms with Crippen molar-refractivity contribution in [3.63, 3.8) is 0 Å². The number of aliphatic hydroxyl groups is 1. The molecule has 1 fully saturated rings. The fraction of sp³-hybridized carbons (Fsp3) is 0.667. The smallest absolute Gasteiger partial charge is 0.0488 e. The van der Waals surface area contributed by atoms with Gasteiger partial charge in [0.2, 0.25) is 0 Å². The van der Waals surface area contributed by atoms with Crippen LogP contribution >= 0.6 is 0 Å². The standard InChI is InChI=1S/C18H30N2O/c1-14-10-16(12-20(14)4)19-11-17(18(2,3)13-21)15-8-6-5-7-9-15/h5-9,14,16-17,19,21H,10-13H2,1-4H3/t14-,16+,17+/m1/s1. The molecule has 0 aliphatic carbocycles. The summed E-state index contributed by atoms with van der Waals surface area (Å²) in [6, 6.07) is 11.8. The van der Waals surface area contributed by atoms with Gasteiger partial charge in [-0.15, -0.1) is 0 Å². The van der Waals surface area contributed by atoms with E-state index in [1.165, 1.54) is 12.0 Å². The number of nitrogens with zero attached hydrogens (tertiary/aromatic N) is 1. The molecule has 1 aliphatic rings. The van der Waals surface area contributed by atoms with Crippen LogP contribution < -0.4 is 5.32 Å². The molecule has 0 unspecified atom stereocenters. The topological polar surface area (TPSA) is 35.5 Å². The van der Waals surface area contributed by atoms with E-state index in [1.807, 2.05) is 6.07 Å². The molecule has 2 N–H and O–H groups in total. The summed E-state index contributed by atoms with van der Waals surface area (Å²) in [6.45, 7) is 8.82. The Morgan fingerprint density at radius 3 is 2.52 bits per heavy atom. The second-order valence-corrected chi connectivity index (χ2v) is 7.24. The molecule has 0 aromatic heterocycles. The maximum Gasteiger partial charge on any atom is 0.0488 e. The first-order valence-electron chi connectivity index (χ1n) is 8.03. The molecule has 1 aromatic carbocycles. The molecule has 0 saturated carbocycles. The van der Waals surface area contributed by atoms with Gasteiger partial charge >= 0.3 is 0 Å². The van der Waals surface area contributed by atoms with Crippen molar-refractivity contribution in [3.8, 4) is 0 Å². The van der Waals surface area contributed by atoms with E-state index in [0.717, 1.165) is 13.1 Å². The van der Waals surface area contributed by atoms with Crippen molar-refractivity contribution in [1.82, 2.24) is 10.2 Å². The molecule has 3 heteroatoms. The van der Waals surface area contributed by atoms with Crippen LogP contribution in [0.3, 0.4) is 0 Å². The highest BCUT2D eigenvalue weighted by Crippen LogP contribution is 2.34. The highest BCUT2D eigenvalue weighted by Gasteiger charge is 2.32. The largest absolute Gasteiger partial charge is 0.396 e. The Labute approximate surface area is 129 Å². The first-order valence-corrected chi connectivity index (χ1v) is 8.03. The summed E-state index contributed by atoms with van der Waals surface area (Å²) in [6.07, 6.45) is 1.21. The Kier molecular flexibility index (Phi) is 5.42. The third kappa shape index (κ3) is 4.06. The van der Waals surface area contributed by atoms with Gasteiger partial charge in [-0.2, -0.15) is 0 Å². The summed E-state index contributed by atoms with van der Waals surface area (Å²) in [7, 11) is 2.19. The minimum Gasteiger partial charge on any atom is -0.396 e. The highest BCUT2D eigenvalue weighted by atomic mass is 16.3. The summed E-state index contributed by atoms with van der Waals surface area (Å²) in [4.78, 5) is 2.41. The lowest BCUT2D eigenvalue weighted by molar-refractivity contribution is 0.127. The number of hydrogen-bond acceptors (Lipinski definition) is 3. The van der Waals surface area contributed by atoms with Crippen LogP contribution in [0.4, 0.5) is 0 Å². The van der Waals surface area contributed by atoms with E-state index in [0.29, 0.717) is 18.0 Å². The molecule has 118 valence electrons. The zero-order chi connectivity index (χ0) is 15.5. The predicted molar refractivity (Wildman–Crippen MR) is 88.5 cm³/mol. The zero-order valence-electron chi connectivity index (χ0n) is 13.8. The fourth-order valence-corrected chi connectivity index (χ4v) is 3.27. The average Bonchev–Trinajstić information content (AvgIpc) is 2.79. The SMILES string of the molecule is C[C@@H]1C[C@H](NC[C@@H](c2ccccc2)C(C)(C)CO)CN1C. The monoisotopic (exact) mass is 290 g/mol. The van der Waals surface area contributed by atoms with E-state index in [4.69, 9.17) is 0 Å². The van der Waals surface area contributed by atoms with Gasteiger partial charge in [-0.05, 0) is 31.4 Å². The quantitative estimate of drug-likeness (QED) is 0.845. The molecular weight excluding hydrogens is 260 g/mol. The normalized spacial score (nSPS) is 25.2. The summed E-state index contributed by atoms with van der Waals surface area (Å²) >= 11 is 0. The van der Waals surface area contributed by atoms with Crippen molar-refractivity contribution in [2.24, 2.45) is 5.41 Å². The van der Waals surface area contributed by atoms with Crippen molar-refractivity contribution in [2.75, 3.05) is 26.7 Å². The van der Waals surface area contributed by atoms with Gasteiger partial charge in [0.15, 0.2) is 0 Å². The van der Waals surface area contributed by atoms with Crippen molar-refractivity contribution in [3.05, 3.63) is 35.9 Å². The Morgan fingerprint density at radius 1 is 1.33 bits per heavy atom. The molecule has 0 radical (unpaired) electrons. The molecule has 1 aromatic rings. The maximum absolute atomic E-state index is 9.77. The van der Waals surface area contributed by atoms with Gasteiger partial charge in [-0.3, -0.25) is 0 Å². The number of likely N-dealkylation sites (N-methyl/N-ethyl adjacent to an activating group) is 1. The summed E-state index contributed by atoms with van der Waals surface area (Å²) in [5.74, 6) is 0.324. The lowest BCUT2D eigenvalue weighted by Crippen LogP contribution is -2.39. The number of likely N-dealkylation sites (tertiary alicyclic amines) is 1. The minimum absolute atomic E-state index is 0.121. The first-order chi connectivity index (χ1) is 9.94. The molecule has 0 bridgehead atoms. The minimum atomic E-state index is -0.121. The molecule has 0 amide bonds. The van der Waals surface area contributed by atoms with Crippen molar-refractivity contribution < 1.29 is 5.11 Å². The van der Waals surface area contributed by atoms with Crippen LogP contribution in [0.1, 0.15) is 38.7 Å². The summed E-state index contributed by atoms with van der Waals surface area (Å²) < 4.78 is 0. The van der Waals surface area contributed by atoms with Crippen LogP contribution in [0.2, 0.25) is 0 Å². The Bertz CT molecular complexity index is 422. The van der Waals surface area contributed by atoms with E-state index < -0.39 is 0 Å². The molecule has 3 atom stereocenters. The average molecular weight is 290 g/mol. The molecule has 3 nitrogen and oxygen atoms in total. The van der Waals surface area contributed by atoms with Crippen molar-refractivity contribution >= 4 is 0 Å². The number of benzene rings is 1. The molecular formula is C18H30N2O. The van der Waals surface area contributed by atoms with Crippen LogP contribution in [-0.4, -0.2) is 48.8 Å². The maximum atomic E-state index is 9.77. The van der Waals surface area contributed by atoms with Crippen LogP contribution in [0, 0.1) is 5.41 Å². The van der Waals surface area contributed by atoms with Gasteiger partial charge < -0.3 is 15.3 Å². The highest BCUT2D eigenvalue weighted by molar-refractivity contribution is 5.22. The van der Waals surface area contributed by atoms with Crippen LogP contribution in [0.15, 0.2) is 30.3 Å². The third-order valence-electron chi connectivity index (χ3n) is 5.05. The van der Waals surface area contributed by atoms with Crippen LogP contribution in [-0.2, 0) is 0 Å². The zero-order valence-corrected chi connectivity index (χ0v) is 13.8. The van der Waals surface area contributed by atoms with Gasteiger partial charge in [0.25, 0.3) is 0 Å². The molecule has 21 heavy (non-hydrogen) atoms. The number of aliphatic hydroxyl groups excluding tert-OH is 1. The first kappa shape index (κ1) is 16.5. The van der Waals surface area contributed by atoms with E-state index in [9.17, 15) is 5.11 Å². The van der Waals surface area contributed by atoms with Gasteiger partial charge in [-0.1, -0.05) is 44.2 Å².